The van der Waals surface area contributed by atoms with Crippen LogP contribution in [0.4, 0.5) is 5.82 Å². The molecular formula is C11H14BrN3O. The molecule has 1 aromatic heterocycles. The van der Waals surface area contributed by atoms with Crippen LogP contribution in [0.1, 0.15) is 31.0 Å². The van der Waals surface area contributed by atoms with Gasteiger partial charge in [0.2, 0.25) is 0 Å². The normalized spacial score (nSPS) is 32.0. The molecule has 2 bridgehead atoms. The summed E-state index contributed by atoms with van der Waals surface area (Å²) in [6.45, 7) is 0. The Morgan fingerprint density at radius 2 is 2.38 bits per heavy atom. The van der Waals surface area contributed by atoms with Crippen LogP contribution in [0, 0.1) is 0 Å². The van der Waals surface area contributed by atoms with Gasteiger partial charge in [0.05, 0.1) is 16.7 Å². The van der Waals surface area contributed by atoms with Gasteiger partial charge in [0.25, 0.3) is 0 Å². The molecular weight excluding hydrogens is 270 g/mol. The molecule has 1 aromatic rings. The van der Waals surface area contributed by atoms with Crippen molar-refractivity contribution < 1.29 is 4.74 Å². The molecule has 2 saturated heterocycles. The van der Waals surface area contributed by atoms with E-state index in [1.165, 1.54) is 6.42 Å². The molecule has 5 heteroatoms. The second-order valence-corrected chi connectivity index (χ2v) is 5.25. The molecule has 2 aliphatic rings. The van der Waals surface area contributed by atoms with Crippen LogP contribution in [0.25, 0.3) is 0 Å². The Morgan fingerprint density at radius 3 is 3.00 bits per heavy atom. The third-order valence-electron chi connectivity index (χ3n) is 3.44. The Kier molecular flexibility index (Phi) is 2.59. The lowest BCUT2D eigenvalue weighted by atomic mass is 9.88. The fourth-order valence-electron chi connectivity index (χ4n) is 2.64. The minimum absolute atomic E-state index is 0.343. The van der Waals surface area contributed by atoms with E-state index in [2.05, 4.69) is 31.2 Å². The van der Waals surface area contributed by atoms with Crippen molar-refractivity contribution >= 4 is 21.7 Å². The van der Waals surface area contributed by atoms with Crippen molar-refractivity contribution in [3.63, 3.8) is 0 Å². The molecule has 3 rings (SSSR count). The van der Waals surface area contributed by atoms with Gasteiger partial charge >= 0.3 is 0 Å². The largest absolute Gasteiger partial charge is 0.374 e. The summed E-state index contributed by atoms with van der Waals surface area (Å²) in [4.78, 5) is 8.95. The minimum Gasteiger partial charge on any atom is -0.374 e. The number of hydrogen-bond acceptors (Lipinski definition) is 4. The first-order chi connectivity index (χ1) is 7.78. The van der Waals surface area contributed by atoms with Gasteiger partial charge in [-0.1, -0.05) is 0 Å². The van der Waals surface area contributed by atoms with Gasteiger partial charge in [0.1, 0.15) is 11.6 Å². The van der Waals surface area contributed by atoms with Crippen LogP contribution < -0.4 is 5.32 Å². The zero-order chi connectivity index (χ0) is 11.1. The molecule has 0 aromatic carbocycles. The highest BCUT2D eigenvalue weighted by atomic mass is 79.9. The van der Waals surface area contributed by atoms with Crippen molar-refractivity contribution in [2.24, 2.45) is 0 Å². The predicted molar refractivity (Wildman–Crippen MR) is 64.5 cm³/mol. The molecule has 4 nitrogen and oxygen atoms in total. The van der Waals surface area contributed by atoms with Crippen LogP contribution in [-0.2, 0) is 4.74 Å². The zero-order valence-corrected chi connectivity index (χ0v) is 10.7. The summed E-state index contributed by atoms with van der Waals surface area (Å²) in [5, 5.41) is 3.06. The molecule has 0 radical (unpaired) electrons. The maximum Gasteiger partial charge on any atom is 0.143 e. The van der Waals surface area contributed by atoms with Crippen LogP contribution in [0.5, 0.6) is 0 Å². The molecule has 1 N–H and O–H groups in total. The summed E-state index contributed by atoms with van der Waals surface area (Å²) in [7, 11) is 1.87. The van der Waals surface area contributed by atoms with E-state index in [1.54, 1.807) is 0 Å². The van der Waals surface area contributed by atoms with Crippen molar-refractivity contribution in [1.82, 2.24) is 9.97 Å². The Hall–Kier alpha value is -0.680. The number of ether oxygens (including phenoxy) is 1. The molecule has 3 heterocycles. The first-order valence-electron chi connectivity index (χ1n) is 5.63. The average Bonchev–Trinajstić information content (AvgIpc) is 2.91. The van der Waals surface area contributed by atoms with Crippen LogP contribution in [0.15, 0.2) is 10.7 Å². The van der Waals surface area contributed by atoms with Crippen molar-refractivity contribution in [3.05, 3.63) is 16.5 Å². The van der Waals surface area contributed by atoms with E-state index < -0.39 is 0 Å². The highest BCUT2D eigenvalue weighted by Crippen LogP contribution is 2.43. The first kappa shape index (κ1) is 10.5. The summed E-state index contributed by atoms with van der Waals surface area (Å²) in [5.41, 5.74) is 0. The molecule has 3 unspecified atom stereocenters. The van der Waals surface area contributed by atoms with Crippen LogP contribution in [0.2, 0.25) is 0 Å². The highest BCUT2D eigenvalue weighted by Gasteiger charge is 2.42. The number of anilines is 1. The van der Waals surface area contributed by atoms with Crippen molar-refractivity contribution in [2.75, 3.05) is 12.4 Å². The fraction of sp³-hybridized carbons (Fsp3) is 0.636. The SMILES string of the molecule is CNc1nc(C2CC3CCC2O3)ncc1Br. The predicted octanol–water partition coefficient (Wildman–Crippen LogP) is 2.32. The lowest BCUT2D eigenvalue weighted by Gasteiger charge is -2.17. The molecule has 0 amide bonds. The second kappa shape index (κ2) is 3.96. The van der Waals surface area contributed by atoms with Gasteiger partial charge in [0, 0.05) is 19.2 Å². The van der Waals surface area contributed by atoms with E-state index in [9.17, 15) is 0 Å². The van der Waals surface area contributed by atoms with Gasteiger partial charge < -0.3 is 10.1 Å². The summed E-state index contributed by atoms with van der Waals surface area (Å²) in [6, 6.07) is 0. The summed E-state index contributed by atoms with van der Waals surface area (Å²) in [6.07, 6.45) is 6.05. The van der Waals surface area contributed by atoms with E-state index in [0.717, 1.165) is 29.0 Å². The molecule has 3 atom stereocenters. The second-order valence-electron chi connectivity index (χ2n) is 4.39. The summed E-state index contributed by atoms with van der Waals surface area (Å²) < 4.78 is 6.74. The van der Waals surface area contributed by atoms with E-state index in [0.29, 0.717) is 18.1 Å². The first-order valence-corrected chi connectivity index (χ1v) is 6.43. The van der Waals surface area contributed by atoms with Gasteiger partial charge in [-0.25, -0.2) is 9.97 Å². The smallest absolute Gasteiger partial charge is 0.143 e. The number of rotatable bonds is 2. The lowest BCUT2D eigenvalue weighted by Crippen LogP contribution is -2.17. The van der Waals surface area contributed by atoms with Crippen LogP contribution in [-0.4, -0.2) is 29.2 Å². The molecule has 0 spiro atoms. The minimum atomic E-state index is 0.343. The van der Waals surface area contributed by atoms with Gasteiger partial charge in [0.15, 0.2) is 0 Å². The van der Waals surface area contributed by atoms with Crippen molar-refractivity contribution in [1.29, 1.82) is 0 Å². The number of fused-ring (bicyclic) bond motifs is 2. The van der Waals surface area contributed by atoms with Gasteiger partial charge in [-0.2, -0.15) is 0 Å². The maximum absolute atomic E-state index is 5.83. The molecule has 2 fully saturated rings. The Labute approximate surface area is 103 Å². The van der Waals surface area contributed by atoms with Gasteiger partial charge in [-0.3, -0.25) is 0 Å². The number of halogens is 1. The molecule has 16 heavy (non-hydrogen) atoms. The average molecular weight is 284 g/mol. The molecule has 2 aliphatic heterocycles. The van der Waals surface area contributed by atoms with E-state index >= 15 is 0 Å². The molecule has 86 valence electrons. The summed E-state index contributed by atoms with van der Waals surface area (Å²) in [5.74, 6) is 2.16. The third kappa shape index (κ3) is 1.62. The number of nitrogens with zero attached hydrogens (tertiary/aromatic N) is 2. The van der Waals surface area contributed by atoms with E-state index in [-0.39, 0.29) is 0 Å². The zero-order valence-electron chi connectivity index (χ0n) is 9.11. The highest BCUT2D eigenvalue weighted by molar-refractivity contribution is 9.10. The van der Waals surface area contributed by atoms with E-state index in [4.69, 9.17) is 4.74 Å². The molecule has 0 aliphatic carbocycles. The van der Waals surface area contributed by atoms with Crippen LogP contribution in [0.3, 0.4) is 0 Å². The quantitative estimate of drug-likeness (QED) is 0.905. The monoisotopic (exact) mass is 283 g/mol. The van der Waals surface area contributed by atoms with Crippen molar-refractivity contribution in [2.45, 2.75) is 37.4 Å². The van der Waals surface area contributed by atoms with Crippen molar-refractivity contribution in [3.8, 4) is 0 Å². The van der Waals surface area contributed by atoms with Crippen LogP contribution >= 0.6 is 15.9 Å². The Morgan fingerprint density at radius 1 is 1.50 bits per heavy atom. The van der Waals surface area contributed by atoms with Gasteiger partial charge in [-0.15, -0.1) is 0 Å². The Bertz CT molecular complexity index is 412. The van der Waals surface area contributed by atoms with E-state index in [1.807, 2.05) is 13.2 Å². The third-order valence-corrected chi connectivity index (χ3v) is 4.02. The number of aromatic nitrogens is 2. The Balaban J connectivity index is 1.89. The van der Waals surface area contributed by atoms with Gasteiger partial charge in [-0.05, 0) is 35.2 Å². The number of nitrogens with one attached hydrogen (secondary N) is 1. The summed E-state index contributed by atoms with van der Waals surface area (Å²) >= 11 is 3.42. The lowest BCUT2D eigenvalue weighted by molar-refractivity contribution is 0.0999. The molecule has 0 saturated carbocycles. The number of hydrogen-bond donors (Lipinski definition) is 1. The fourth-order valence-corrected chi connectivity index (χ4v) is 3.03. The standard InChI is InChI=1S/C11H14BrN3O/c1-13-11-8(12)5-14-10(15-11)7-4-6-2-3-9(7)16-6/h5-7,9H,2-4H2,1H3,(H,13,14,15). The maximum atomic E-state index is 5.83. The topological polar surface area (TPSA) is 47.0 Å².